The summed E-state index contributed by atoms with van der Waals surface area (Å²) in [7, 11) is 0. The molecule has 0 fully saturated rings. The van der Waals surface area contributed by atoms with Gasteiger partial charge in [0.15, 0.2) is 0 Å². The highest BCUT2D eigenvalue weighted by Crippen LogP contribution is 2.43. The van der Waals surface area contributed by atoms with Crippen LogP contribution in [-0.2, 0) is 0 Å². The van der Waals surface area contributed by atoms with Crippen molar-refractivity contribution in [3.63, 3.8) is 0 Å². The van der Waals surface area contributed by atoms with Crippen LogP contribution in [0.3, 0.4) is 0 Å². The van der Waals surface area contributed by atoms with Crippen molar-refractivity contribution in [2.24, 2.45) is 0 Å². The minimum atomic E-state index is 0.0535. The number of nitrogens with zero attached hydrogens (tertiary/aromatic N) is 3. The number of hydrogen-bond acceptors (Lipinski definition) is 1. The SMILES string of the molecule is Cc1cc(C)c(B2c3cc4c(cc3-n3c5ccccc5c5cccc2c53)B2c3ccccc3N(c3ccccc3)c3ccc5c6ccccc6n-4c5c32)c(C)c1. The lowest BCUT2D eigenvalue weighted by atomic mass is 9.31. The molecule has 0 unspecified atom stereocenters. The number of benzene rings is 8. The van der Waals surface area contributed by atoms with Crippen molar-refractivity contribution < 1.29 is 0 Å². The van der Waals surface area contributed by atoms with Gasteiger partial charge in [0, 0.05) is 55.5 Å². The Bertz CT molecular complexity index is 3350. The second kappa shape index (κ2) is 10.7. The van der Waals surface area contributed by atoms with Crippen LogP contribution < -0.4 is 37.7 Å². The van der Waals surface area contributed by atoms with Crippen molar-refractivity contribution in [3.8, 4) is 11.4 Å². The first-order valence-corrected chi connectivity index (χ1v) is 19.9. The van der Waals surface area contributed by atoms with Crippen molar-refractivity contribution in [2.45, 2.75) is 20.8 Å². The van der Waals surface area contributed by atoms with Gasteiger partial charge in [-0.2, -0.15) is 0 Å². The zero-order chi connectivity index (χ0) is 37.0. The molecule has 3 aliphatic rings. The number of fused-ring (bicyclic) bond motifs is 13. The highest BCUT2D eigenvalue weighted by molar-refractivity contribution is 7.01. The van der Waals surface area contributed by atoms with Crippen LogP contribution in [-0.4, -0.2) is 22.6 Å². The molecule has 8 aromatic carbocycles. The number of rotatable bonds is 2. The van der Waals surface area contributed by atoms with E-state index in [4.69, 9.17) is 0 Å². The average molecular weight is 711 g/mol. The van der Waals surface area contributed by atoms with Gasteiger partial charge in [-0.25, -0.2) is 0 Å². The van der Waals surface area contributed by atoms with Gasteiger partial charge in [0.2, 0.25) is 6.71 Å². The smallest absolute Gasteiger partial charge is 0.252 e. The van der Waals surface area contributed by atoms with Crippen LogP contribution in [0.2, 0.25) is 0 Å². The third kappa shape index (κ3) is 3.71. The fourth-order valence-corrected chi connectivity index (χ4v) is 11.3. The van der Waals surface area contributed by atoms with E-state index in [-0.39, 0.29) is 13.4 Å². The summed E-state index contributed by atoms with van der Waals surface area (Å²) in [6, 6.07) is 59.8. The molecule has 0 radical (unpaired) electrons. The van der Waals surface area contributed by atoms with Crippen LogP contribution in [0.4, 0.5) is 17.1 Å². The van der Waals surface area contributed by atoms with E-state index in [9.17, 15) is 0 Å². The Morgan fingerprint density at radius 1 is 0.375 bits per heavy atom. The van der Waals surface area contributed by atoms with Gasteiger partial charge in [-0.05, 0) is 96.6 Å². The Morgan fingerprint density at radius 3 is 1.64 bits per heavy atom. The van der Waals surface area contributed by atoms with E-state index in [0.717, 1.165) is 0 Å². The summed E-state index contributed by atoms with van der Waals surface area (Å²) in [5, 5.41) is 5.23. The standard InChI is InChI=1S/C51H35B2N3/c1-30-26-31(2)48(32(3)27-30)53-39-20-13-18-36-34-16-7-10-21-42(34)55(50(36)39)46-28-40-47(29-41(46)53)56-43-22-11-8-17-35(43)37-24-25-45-49(51(37)56)52(40)38-19-9-12-23-44(38)54(45)33-14-5-4-6-15-33/h4-29H,1-3H3. The first-order chi connectivity index (χ1) is 27.6. The number of aromatic nitrogens is 2. The maximum Gasteiger partial charge on any atom is 0.252 e. The third-order valence-electron chi connectivity index (χ3n) is 13.2. The number of aryl methyl sites for hydroxylation is 3. The molecule has 13 rings (SSSR count). The van der Waals surface area contributed by atoms with Crippen LogP contribution >= 0.6 is 0 Å². The minimum absolute atomic E-state index is 0.0535. The van der Waals surface area contributed by atoms with E-state index in [1.165, 1.54) is 122 Å². The van der Waals surface area contributed by atoms with Gasteiger partial charge in [-0.3, -0.25) is 0 Å². The van der Waals surface area contributed by atoms with Crippen LogP contribution in [0.1, 0.15) is 16.7 Å². The van der Waals surface area contributed by atoms with Crippen LogP contribution in [0.15, 0.2) is 158 Å². The predicted molar refractivity (Wildman–Crippen MR) is 240 cm³/mol. The van der Waals surface area contributed by atoms with Gasteiger partial charge in [-0.1, -0.05) is 131 Å². The molecule has 0 N–H and O–H groups in total. The zero-order valence-electron chi connectivity index (χ0n) is 31.5. The molecule has 56 heavy (non-hydrogen) atoms. The van der Waals surface area contributed by atoms with Gasteiger partial charge in [0.25, 0.3) is 6.71 Å². The van der Waals surface area contributed by atoms with Gasteiger partial charge in [-0.15, -0.1) is 0 Å². The van der Waals surface area contributed by atoms with E-state index in [1.807, 2.05) is 0 Å². The van der Waals surface area contributed by atoms with E-state index in [2.05, 4.69) is 193 Å². The first kappa shape index (κ1) is 30.6. The highest BCUT2D eigenvalue weighted by atomic mass is 15.2. The summed E-state index contributed by atoms with van der Waals surface area (Å²) >= 11 is 0. The topological polar surface area (TPSA) is 13.1 Å². The molecule has 10 aromatic rings. The molecule has 0 spiro atoms. The first-order valence-electron chi connectivity index (χ1n) is 19.9. The van der Waals surface area contributed by atoms with Crippen molar-refractivity contribution in [1.29, 1.82) is 0 Å². The molecule has 0 atom stereocenters. The quantitative estimate of drug-likeness (QED) is 0.165. The van der Waals surface area contributed by atoms with E-state index in [0.29, 0.717) is 0 Å². The monoisotopic (exact) mass is 711 g/mol. The molecule has 0 aliphatic carbocycles. The summed E-state index contributed by atoms with van der Waals surface area (Å²) in [5.41, 5.74) is 23.7. The van der Waals surface area contributed by atoms with Crippen molar-refractivity contribution >= 4 is 107 Å². The molecule has 0 saturated heterocycles. The molecule has 5 heterocycles. The lowest BCUT2D eigenvalue weighted by molar-refractivity contribution is 1.16. The molecule has 0 bridgehead atoms. The third-order valence-corrected chi connectivity index (χ3v) is 13.2. The highest BCUT2D eigenvalue weighted by Gasteiger charge is 2.44. The maximum atomic E-state index is 2.61. The van der Waals surface area contributed by atoms with Crippen molar-refractivity contribution in [1.82, 2.24) is 9.13 Å². The molecular formula is C51H35B2N3. The van der Waals surface area contributed by atoms with Gasteiger partial charge < -0.3 is 14.0 Å². The fourth-order valence-electron chi connectivity index (χ4n) is 11.3. The second-order valence-corrected chi connectivity index (χ2v) is 16.2. The van der Waals surface area contributed by atoms with Crippen molar-refractivity contribution in [3.05, 3.63) is 174 Å². The zero-order valence-corrected chi connectivity index (χ0v) is 31.5. The van der Waals surface area contributed by atoms with E-state index >= 15 is 0 Å². The lowest BCUT2D eigenvalue weighted by Gasteiger charge is -2.40. The van der Waals surface area contributed by atoms with Crippen LogP contribution in [0.25, 0.3) is 55.0 Å². The summed E-state index contributed by atoms with van der Waals surface area (Å²) in [5.74, 6) is 0. The summed E-state index contributed by atoms with van der Waals surface area (Å²) in [6.07, 6.45) is 0. The largest absolute Gasteiger partial charge is 0.311 e. The van der Waals surface area contributed by atoms with Gasteiger partial charge >= 0.3 is 0 Å². The minimum Gasteiger partial charge on any atom is -0.311 e. The maximum absolute atomic E-state index is 2.61. The summed E-state index contributed by atoms with van der Waals surface area (Å²) in [6.45, 7) is 6.99. The number of hydrogen-bond donors (Lipinski definition) is 0. The predicted octanol–water partition coefficient (Wildman–Crippen LogP) is 8.25. The number of para-hydroxylation sites is 5. The fraction of sp³-hybridized carbons (Fsp3) is 0.0588. The Labute approximate surface area is 326 Å². The number of anilines is 3. The summed E-state index contributed by atoms with van der Waals surface area (Å²) < 4.78 is 5.21. The normalized spacial score (nSPS) is 13.5. The van der Waals surface area contributed by atoms with Gasteiger partial charge in [0.1, 0.15) is 0 Å². The molecule has 3 aliphatic heterocycles. The molecule has 0 amide bonds. The molecule has 0 saturated carbocycles. The van der Waals surface area contributed by atoms with Crippen LogP contribution in [0, 0.1) is 20.8 Å². The Kier molecular flexibility index (Phi) is 5.87. The van der Waals surface area contributed by atoms with E-state index in [1.54, 1.807) is 0 Å². The van der Waals surface area contributed by atoms with Gasteiger partial charge in [0.05, 0.1) is 16.6 Å². The van der Waals surface area contributed by atoms with E-state index < -0.39 is 0 Å². The average Bonchev–Trinajstić information content (AvgIpc) is 3.75. The Hall–Kier alpha value is -6.71. The van der Waals surface area contributed by atoms with Crippen molar-refractivity contribution in [2.75, 3.05) is 4.90 Å². The van der Waals surface area contributed by atoms with Crippen LogP contribution in [0.5, 0.6) is 0 Å². The second-order valence-electron chi connectivity index (χ2n) is 16.2. The summed E-state index contributed by atoms with van der Waals surface area (Å²) in [4.78, 5) is 2.49. The molecule has 5 heteroatoms. The molecule has 3 nitrogen and oxygen atoms in total. The lowest BCUT2D eigenvalue weighted by Crippen LogP contribution is -2.62. The Balaban J connectivity index is 1.22. The molecular weight excluding hydrogens is 676 g/mol. The molecule has 2 aromatic heterocycles. The molecule has 260 valence electrons. The Morgan fingerprint density at radius 2 is 0.929 bits per heavy atom.